The molecule has 1 aliphatic heterocycles. The van der Waals surface area contributed by atoms with Crippen LogP contribution in [-0.4, -0.2) is 28.7 Å². The summed E-state index contributed by atoms with van der Waals surface area (Å²) in [5.74, 6) is 0. The number of aliphatic hydroxyl groups is 1. The molecular weight excluding hydrogens is 328 g/mol. The normalized spacial score (nSPS) is 19.7. The molecule has 1 N–H and O–H groups in total. The molecule has 3 rings (SSSR count). The molecule has 1 fully saturated rings. The second-order valence-corrected chi connectivity index (χ2v) is 6.61. The zero-order valence-electron chi connectivity index (χ0n) is 14.8. The highest BCUT2D eigenvalue weighted by Crippen LogP contribution is 2.33. The highest BCUT2D eigenvalue weighted by Gasteiger charge is 2.33. The lowest BCUT2D eigenvalue weighted by Crippen LogP contribution is -2.43. The number of hydrogen-bond acceptors (Lipinski definition) is 4. The van der Waals surface area contributed by atoms with Crippen LogP contribution in [0, 0.1) is 18.3 Å². The summed E-state index contributed by atoms with van der Waals surface area (Å²) in [7, 11) is 0. The van der Waals surface area contributed by atoms with Gasteiger partial charge in [-0.2, -0.15) is 5.26 Å². The lowest BCUT2D eigenvalue weighted by molar-refractivity contribution is 0.0258. The minimum absolute atomic E-state index is 0.220. The minimum atomic E-state index is -0.451. The largest absolute Gasteiger partial charge is 0.445 e. The predicted molar refractivity (Wildman–Crippen MR) is 97.2 cm³/mol. The maximum Gasteiger partial charge on any atom is 0.410 e. The molecule has 0 aromatic heterocycles. The quantitative estimate of drug-likeness (QED) is 0.916. The molecule has 0 radical (unpaired) electrons. The van der Waals surface area contributed by atoms with Crippen molar-refractivity contribution < 1.29 is 14.6 Å². The summed E-state index contributed by atoms with van der Waals surface area (Å²) in [5, 5.41) is 19.2. The molecule has 2 aromatic carbocycles. The molecule has 1 amide bonds. The lowest BCUT2D eigenvalue weighted by atomic mass is 9.90. The van der Waals surface area contributed by atoms with E-state index in [0.717, 1.165) is 16.7 Å². The second-order valence-electron chi connectivity index (χ2n) is 6.61. The SMILES string of the molecule is Cc1cc(C#N)ccc1C1CC(O)CCN1C(=O)OCc1ccccc1. The zero-order chi connectivity index (χ0) is 18.5. The summed E-state index contributed by atoms with van der Waals surface area (Å²) in [6.07, 6.45) is 0.169. The first-order valence-corrected chi connectivity index (χ1v) is 8.74. The molecule has 2 aromatic rings. The van der Waals surface area contributed by atoms with Crippen molar-refractivity contribution in [1.29, 1.82) is 5.26 Å². The Morgan fingerprint density at radius 3 is 2.77 bits per heavy atom. The fourth-order valence-electron chi connectivity index (χ4n) is 3.38. The van der Waals surface area contributed by atoms with Gasteiger partial charge in [-0.1, -0.05) is 36.4 Å². The molecular formula is C21H22N2O3. The van der Waals surface area contributed by atoms with Gasteiger partial charge in [-0.15, -0.1) is 0 Å². The van der Waals surface area contributed by atoms with Crippen molar-refractivity contribution in [1.82, 2.24) is 4.90 Å². The van der Waals surface area contributed by atoms with E-state index in [1.54, 1.807) is 11.0 Å². The first-order valence-electron chi connectivity index (χ1n) is 8.74. The van der Waals surface area contributed by atoms with Crippen molar-refractivity contribution in [2.24, 2.45) is 0 Å². The van der Waals surface area contributed by atoms with Crippen LogP contribution in [0.1, 0.15) is 41.1 Å². The number of ether oxygens (including phenoxy) is 1. The monoisotopic (exact) mass is 350 g/mol. The highest BCUT2D eigenvalue weighted by atomic mass is 16.6. The molecule has 1 heterocycles. The van der Waals surface area contributed by atoms with Crippen molar-refractivity contribution in [3.05, 3.63) is 70.8 Å². The van der Waals surface area contributed by atoms with Crippen LogP contribution in [0.25, 0.3) is 0 Å². The number of likely N-dealkylation sites (tertiary alicyclic amines) is 1. The Morgan fingerprint density at radius 1 is 1.31 bits per heavy atom. The number of carbonyl (C=O) groups excluding carboxylic acids is 1. The Labute approximate surface area is 153 Å². The van der Waals surface area contributed by atoms with Gasteiger partial charge >= 0.3 is 6.09 Å². The van der Waals surface area contributed by atoms with E-state index in [4.69, 9.17) is 10.00 Å². The maximum absolute atomic E-state index is 12.7. The number of nitrogens with zero attached hydrogens (tertiary/aromatic N) is 2. The smallest absolute Gasteiger partial charge is 0.410 e. The van der Waals surface area contributed by atoms with Crippen molar-refractivity contribution in [3.8, 4) is 6.07 Å². The third kappa shape index (κ3) is 4.04. The Hall–Kier alpha value is -2.84. The number of benzene rings is 2. The minimum Gasteiger partial charge on any atom is -0.445 e. The Balaban J connectivity index is 1.77. The number of aryl methyl sites for hydroxylation is 1. The first-order chi connectivity index (χ1) is 12.6. The average Bonchev–Trinajstić information content (AvgIpc) is 2.66. The molecule has 2 atom stereocenters. The maximum atomic E-state index is 12.7. The van der Waals surface area contributed by atoms with E-state index < -0.39 is 6.10 Å². The van der Waals surface area contributed by atoms with Gasteiger partial charge in [0.05, 0.1) is 23.8 Å². The van der Waals surface area contributed by atoms with Crippen molar-refractivity contribution in [2.45, 2.75) is 38.5 Å². The van der Waals surface area contributed by atoms with Crippen LogP contribution >= 0.6 is 0 Å². The van der Waals surface area contributed by atoms with Crippen LogP contribution in [0.3, 0.4) is 0 Å². The van der Waals surface area contributed by atoms with Crippen LogP contribution in [-0.2, 0) is 11.3 Å². The van der Waals surface area contributed by atoms with E-state index in [0.29, 0.717) is 24.9 Å². The fraction of sp³-hybridized carbons (Fsp3) is 0.333. The van der Waals surface area contributed by atoms with Crippen LogP contribution in [0.2, 0.25) is 0 Å². The Bertz CT molecular complexity index is 814. The summed E-state index contributed by atoms with van der Waals surface area (Å²) in [4.78, 5) is 14.4. The highest BCUT2D eigenvalue weighted by molar-refractivity contribution is 5.68. The van der Waals surface area contributed by atoms with E-state index >= 15 is 0 Å². The van der Waals surface area contributed by atoms with Crippen molar-refractivity contribution in [2.75, 3.05) is 6.54 Å². The van der Waals surface area contributed by atoms with Gasteiger partial charge in [0.1, 0.15) is 6.61 Å². The second kappa shape index (κ2) is 8.03. The van der Waals surface area contributed by atoms with Gasteiger partial charge in [-0.05, 0) is 48.6 Å². The van der Waals surface area contributed by atoms with Crippen LogP contribution in [0.5, 0.6) is 0 Å². The van der Waals surface area contributed by atoms with Gasteiger partial charge in [0, 0.05) is 6.54 Å². The molecule has 1 aliphatic rings. The lowest BCUT2D eigenvalue weighted by Gasteiger charge is -2.38. The third-order valence-electron chi connectivity index (χ3n) is 4.77. The number of piperidine rings is 1. The van der Waals surface area contributed by atoms with E-state index in [1.165, 1.54) is 0 Å². The van der Waals surface area contributed by atoms with E-state index in [1.807, 2.05) is 49.4 Å². The molecule has 134 valence electrons. The number of nitriles is 1. The number of carbonyl (C=O) groups is 1. The standard InChI is InChI=1S/C21H22N2O3/c1-15-11-17(13-22)7-8-19(15)20-12-18(24)9-10-23(20)21(25)26-14-16-5-3-2-4-6-16/h2-8,11,18,20,24H,9-10,12,14H2,1H3. The summed E-state index contributed by atoms with van der Waals surface area (Å²) < 4.78 is 5.49. The van der Waals surface area contributed by atoms with Gasteiger partial charge in [0.25, 0.3) is 0 Å². The summed E-state index contributed by atoms with van der Waals surface area (Å²) in [6.45, 7) is 2.58. The molecule has 0 spiro atoms. The molecule has 5 nitrogen and oxygen atoms in total. The third-order valence-corrected chi connectivity index (χ3v) is 4.77. The zero-order valence-corrected chi connectivity index (χ0v) is 14.8. The van der Waals surface area contributed by atoms with Crippen molar-refractivity contribution >= 4 is 6.09 Å². The Kier molecular flexibility index (Phi) is 5.55. The number of hydrogen-bond donors (Lipinski definition) is 1. The van der Waals surface area contributed by atoms with Gasteiger partial charge in [-0.3, -0.25) is 0 Å². The Morgan fingerprint density at radius 2 is 2.08 bits per heavy atom. The fourth-order valence-corrected chi connectivity index (χ4v) is 3.38. The van der Waals surface area contributed by atoms with Crippen molar-refractivity contribution in [3.63, 3.8) is 0 Å². The van der Waals surface area contributed by atoms with E-state index in [-0.39, 0.29) is 18.7 Å². The van der Waals surface area contributed by atoms with Crippen LogP contribution in [0.15, 0.2) is 48.5 Å². The number of rotatable bonds is 3. The molecule has 0 saturated carbocycles. The summed E-state index contributed by atoms with van der Waals surface area (Å²) in [6, 6.07) is 16.8. The summed E-state index contributed by atoms with van der Waals surface area (Å²) in [5.41, 5.74) is 3.40. The van der Waals surface area contributed by atoms with E-state index in [2.05, 4.69) is 6.07 Å². The molecule has 2 unspecified atom stereocenters. The van der Waals surface area contributed by atoms with Crippen LogP contribution in [0.4, 0.5) is 4.79 Å². The first kappa shape index (κ1) is 18.0. The molecule has 5 heteroatoms. The summed E-state index contributed by atoms with van der Waals surface area (Å²) >= 11 is 0. The topological polar surface area (TPSA) is 73.6 Å². The van der Waals surface area contributed by atoms with Gasteiger partial charge < -0.3 is 14.7 Å². The molecule has 0 aliphatic carbocycles. The van der Waals surface area contributed by atoms with E-state index in [9.17, 15) is 9.90 Å². The van der Waals surface area contributed by atoms with Gasteiger partial charge in [0.15, 0.2) is 0 Å². The van der Waals surface area contributed by atoms with Crippen LogP contribution < -0.4 is 0 Å². The number of amides is 1. The molecule has 26 heavy (non-hydrogen) atoms. The molecule has 0 bridgehead atoms. The average molecular weight is 350 g/mol. The molecule has 1 saturated heterocycles. The van der Waals surface area contributed by atoms with Gasteiger partial charge in [-0.25, -0.2) is 4.79 Å². The predicted octanol–water partition coefficient (Wildman–Crippen LogP) is 3.70. The number of aliphatic hydroxyl groups excluding tert-OH is 1. The van der Waals surface area contributed by atoms with Gasteiger partial charge in [0.2, 0.25) is 0 Å².